The van der Waals surface area contributed by atoms with Crippen molar-refractivity contribution in [3.05, 3.63) is 108 Å². The smallest absolute Gasteiger partial charge is 0.256 e. The molecule has 4 aromatic carbocycles. The summed E-state index contributed by atoms with van der Waals surface area (Å²) >= 11 is 0. The summed E-state index contributed by atoms with van der Waals surface area (Å²) in [5.74, 6) is 0.631. The number of amides is 1. The first kappa shape index (κ1) is 18.5. The van der Waals surface area contributed by atoms with Crippen molar-refractivity contribution in [3.8, 4) is 5.75 Å². The predicted octanol–water partition coefficient (Wildman–Crippen LogP) is 6.03. The Bertz CT molecular complexity index is 1160. The molecule has 3 nitrogen and oxygen atoms in total. The molecular weight excluding hydrogens is 358 g/mol. The summed E-state index contributed by atoms with van der Waals surface area (Å²) in [5.41, 5.74) is 3.16. The quantitative estimate of drug-likeness (QED) is 0.340. The lowest BCUT2D eigenvalue weighted by atomic mass is 10.0. The van der Waals surface area contributed by atoms with Gasteiger partial charge in [-0.05, 0) is 52.2 Å². The van der Waals surface area contributed by atoms with Gasteiger partial charge < -0.3 is 10.1 Å². The average molecular weight is 379 g/mol. The van der Waals surface area contributed by atoms with Gasteiger partial charge in [0, 0.05) is 11.3 Å². The first-order chi connectivity index (χ1) is 14.2. The minimum atomic E-state index is -0.151. The monoisotopic (exact) mass is 379 g/mol. The molecular formula is C26H21NO2. The summed E-state index contributed by atoms with van der Waals surface area (Å²) in [6.45, 7) is 0. The molecule has 0 aliphatic rings. The Kier molecular flexibility index (Phi) is 5.39. The van der Waals surface area contributed by atoms with E-state index in [1.54, 1.807) is 7.11 Å². The molecule has 0 aliphatic heterocycles. The maximum atomic E-state index is 13.2. The van der Waals surface area contributed by atoms with Crippen LogP contribution in [0.3, 0.4) is 0 Å². The SMILES string of the molecule is COc1ccc(/C=C(/C(=O)Nc2ccc3ccccc3c2)c2ccccc2)cc1. The lowest BCUT2D eigenvalue weighted by Crippen LogP contribution is -2.13. The zero-order chi connectivity index (χ0) is 20.1. The maximum Gasteiger partial charge on any atom is 0.256 e. The Morgan fingerprint density at radius 1 is 0.793 bits per heavy atom. The highest BCUT2D eigenvalue weighted by Crippen LogP contribution is 2.24. The molecule has 29 heavy (non-hydrogen) atoms. The Labute approximate surface area is 170 Å². The molecule has 4 rings (SSSR count). The van der Waals surface area contributed by atoms with Crippen molar-refractivity contribution in [2.75, 3.05) is 12.4 Å². The molecule has 0 bridgehead atoms. The molecule has 0 saturated carbocycles. The van der Waals surface area contributed by atoms with Crippen LogP contribution in [-0.2, 0) is 4.79 Å². The number of methoxy groups -OCH3 is 1. The number of rotatable bonds is 5. The molecule has 1 N–H and O–H groups in total. The van der Waals surface area contributed by atoms with Gasteiger partial charge in [0.25, 0.3) is 5.91 Å². The zero-order valence-corrected chi connectivity index (χ0v) is 16.1. The highest BCUT2D eigenvalue weighted by Gasteiger charge is 2.13. The highest BCUT2D eigenvalue weighted by atomic mass is 16.5. The molecule has 0 heterocycles. The number of anilines is 1. The topological polar surface area (TPSA) is 38.3 Å². The third-order valence-corrected chi connectivity index (χ3v) is 4.76. The zero-order valence-electron chi connectivity index (χ0n) is 16.1. The van der Waals surface area contributed by atoms with E-state index in [0.29, 0.717) is 5.57 Å². The summed E-state index contributed by atoms with van der Waals surface area (Å²) in [5, 5.41) is 5.27. The van der Waals surface area contributed by atoms with Gasteiger partial charge in [0.05, 0.1) is 7.11 Å². The van der Waals surface area contributed by atoms with E-state index >= 15 is 0 Å². The van der Waals surface area contributed by atoms with Crippen molar-refractivity contribution < 1.29 is 9.53 Å². The fourth-order valence-electron chi connectivity index (χ4n) is 3.23. The van der Waals surface area contributed by atoms with E-state index < -0.39 is 0 Å². The van der Waals surface area contributed by atoms with Gasteiger partial charge in [-0.1, -0.05) is 72.8 Å². The van der Waals surface area contributed by atoms with Crippen LogP contribution < -0.4 is 10.1 Å². The summed E-state index contributed by atoms with van der Waals surface area (Å²) in [7, 11) is 1.64. The lowest BCUT2D eigenvalue weighted by Gasteiger charge is -2.11. The number of carbonyl (C=O) groups is 1. The fourth-order valence-corrected chi connectivity index (χ4v) is 3.23. The lowest BCUT2D eigenvalue weighted by molar-refractivity contribution is -0.111. The van der Waals surface area contributed by atoms with E-state index in [1.165, 1.54) is 0 Å². The number of benzene rings is 4. The average Bonchev–Trinajstić information content (AvgIpc) is 2.78. The molecule has 0 saturated heterocycles. The second-order valence-electron chi connectivity index (χ2n) is 6.71. The molecule has 4 aromatic rings. The van der Waals surface area contributed by atoms with Crippen molar-refractivity contribution >= 4 is 34.0 Å². The molecule has 142 valence electrons. The van der Waals surface area contributed by atoms with Gasteiger partial charge in [0.15, 0.2) is 0 Å². The van der Waals surface area contributed by atoms with Gasteiger partial charge in [-0.15, -0.1) is 0 Å². The van der Waals surface area contributed by atoms with Crippen LogP contribution in [0.1, 0.15) is 11.1 Å². The van der Waals surface area contributed by atoms with E-state index in [4.69, 9.17) is 4.74 Å². The van der Waals surface area contributed by atoms with Crippen molar-refractivity contribution in [1.29, 1.82) is 0 Å². The van der Waals surface area contributed by atoms with Crippen LogP contribution in [0.25, 0.3) is 22.4 Å². The van der Waals surface area contributed by atoms with Crippen LogP contribution >= 0.6 is 0 Å². The van der Waals surface area contributed by atoms with E-state index in [9.17, 15) is 4.79 Å². The van der Waals surface area contributed by atoms with Gasteiger partial charge in [-0.25, -0.2) is 0 Å². The van der Waals surface area contributed by atoms with Crippen molar-refractivity contribution in [3.63, 3.8) is 0 Å². The molecule has 0 unspecified atom stereocenters. The molecule has 3 heteroatoms. The number of hydrogen-bond donors (Lipinski definition) is 1. The molecule has 0 spiro atoms. The van der Waals surface area contributed by atoms with Gasteiger partial charge in [0.1, 0.15) is 5.75 Å². The number of nitrogens with one attached hydrogen (secondary N) is 1. The van der Waals surface area contributed by atoms with Crippen LogP contribution in [0.15, 0.2) is 97.1 Å². The largest absolute Gasteiger partial charge is 0.497 e. The Balaban J connectivity index is 1.67. The second-order valence-corrected chi connectivity index (χ2v) is 6.71. The summed E-state index contributed by atoms with van der Waals surface area (Å²) in [4.78, 5) is 13.2. The minimum absolute atomic E-state index is 0.151. The van der Waals surface area contributed by atoms with Crippen LogP contribution in [-0.4, -0.2) is 13.0 Å². The standard InChI is InChI=1S/C26H21NO2/c1-29-24-15-11-19(12-16-24)17-25(21-8-3-2-4-9-21)26(28)27-23-14-13-20-7-5-6-10-22(20)18-23/h2-18H,1H3,(H,27,28)/b25-17+. The molecule has 0 aromatic heterocycles. The number of ether oxygens (including phenoxy) is 1. The third kappa shape index (κ3) is 4.36. The number of carbonyl (C=O) groups excluding carboxylic acids is 1. The van der Waals surface area contributed by atoms with E-state index in [0.717, 1.165) is 33.3 Å². The Morgan fingerprint density at radius 3 is 2.21 bits per heavy atom. The number of hydrogen-bond acceptors (Lipinski definition) is 2. The Hall–Kier alpha value is -3.85. The first-order valence-electron chi connectivity index (χ1n) is 9.44. The first-order valence-corrected chi connectivity index (χ1v) is 9.44. The molecule has 0 fully saturated rings. The summed E-state index contributed by atoms with van der Waals surface area (Å²) in [6, 6.07) is 31.3. The van der Waals surface area contributed by atoms with Crippen LogP contribution in [0.4, 0.5) is 5.69 Å². The molecule has 0 aliphatic carbocycles. The molecule has 0 atom stereocenters. The van der Waals surface area contributed by atoms with E-state index in [1.807, 2.05) is 97.1 Å². The van der Waals surface area contributed by atoms with Gasteiger partial charge in [0.2, 0.25) is 0 Å². The highest BCUT2D eigenvalue weighted by molar-refractivity contribution is 6.29. The van der Waals surface area contributed by atoms with Crippen LogP contribution in [0.5, 0.6) is 5.75 Å². The third-order valence-electron chi connectivity index (χ3n) is 4.76. The van der Waals surface area contributed by atoms with E-state index in [2.05, 4.69) is 11.4 Å². The van der Waals surface area contributed by atoms with Crippen molar-refractivity contribution in [2.45, 2.75) is 0 Å². The maximum absolute atomic E-state index is 13.2. The van der Waals surface area contributed by atoms with Crippen molar-refractivity contribution in [1.82, 2.24) is 0 Å². The Morgan fingerprint density at radius 2 is 1.48 bits per heavy atom. The molecule has 1 amide bonds. The van der Waals surface area contributed by atoms with Gasteiger partial charge in [-0.2, -0.15) is 0 Å². The number of fused-ring (bicyclic) bond motifs is 1. The second kappa shape index (κ2) is 8.44. The fraction of sp³-hybridized carbons (Fsp3) is 0.0385. The van der Waals surface area contributed by atoms with E-state index in [-0.39, 0.29) is 5.91 Å². The molecule has 0 radical (unpaired) electrons. The van der Waals surface area contributed by atoms with Crippen LogP contribution in [0.2, 0.25) is 0 Å². The van der Waals surface area contributed by atoms with Gasteiger partial charge in [-0.3, -0.25) is 4.79 Å². The normalized spacial score (nSPS) is 11.3. The minimum Gasteiger partial charge on any atom is -0.497 e. The van der Waals surface area contributed by atoms with Crippen molar-refractivity contribution in [2.24, 2.45) is 0 Å². The predicted molar refractivity (Wildman–Crippen MR) is 120 cm³/mol. The summed E-state index contributed by atoms with van der Waals surface area (Å²) < 4.78 is 5.22. The summed E-state index contributed by atoms with van der Waals surface area (Å²) in [6.07, 6.45) is 1.89. The van der Waals surface area contributed by atoms with Crippen LogP contribution in [0, 0.1) is 0 Å². The van der Waals surface area contributed by atoms with Gasteiger partial charge >= 0.3 is 0 Å².